The van der Waals surface area contributed by atoms with Crippen LogP contribution >= 0.6 is 23.2 Å². The van der Waals surface area contributed by atoms with Crippen molar-refractivity contribution in [3.63, 3.8) is 0 Å². The van der Waals surface area contributed by atoms with Crippen LogP contribution in [0.25, 0.3) is 0 Å². The molecule has 7 nitrogen and oxygen atoms in total. The minimum absolute atomic E-state index is 0.0000983. The van der Waals surface area contributed by atoms with Gasteiger partial charge in [-0.2, -0.15) is 0 Å². The summed E-state index contributed by atoms with van der Waals surface area (Å²) in [5.74, 6) is 0.873. The van der Waals surface area contributed by atoms with Crippen molar-refractivity contribution in [3.05, 3.63) is 70.0 Å². The molecule has 3 rings (SSSR count). The van der Waals surface area contributed by atoms with Gasteiger partial charge in [0.1, 0.15) is 18.9 Å². The first-order valence-electron chi connectivity index (χ1n) is 7.75. The number of amides is 1. The lowest BCUT2D eigenvalue weighted by Crippen LogP contribution is -2.28. The fourth-order valence-corrected chi connectivity index (χ4v) is 2.37. The van der Waals surface area contributed by atoms with Gasteiger partial charge in [-0.25, -0.2) is 4.68 Å². The quantitative estimate of drug-likeness (QED) is 0.669. The molecule has 0 spiro atoms. The Morgan fingerprint density at radius 1 is 1.04 bits per heavy atom. The largest absolute Gasteiger partial charge is 0.486 e. The van der Waals surface area contributed by atoms with E-state index in [2.05, 4.69) is 20.8 Å². The van der Waals surface area contributed by atoms with Crippen LogP contribution in [0.5, 0.6) is 5.75 Å². The number of nitrogens with one attached hydrogen (secondary N) is 1. The minimum Gasteiger partial charge on any atom is -0.486 e. The maximum Gasteiger partial charge on any atom is 0.242 e. The number of aromatic nitrogens is 4. The van der Waals surface area contributed by atoms with E-state index in [-0.39, 0.29) is 19.1 Å². The zero-order valence-corrected chi connectivity index (χ0v) is 15.1. The van der Waals surface area contributed by atoms with Gasteiger partial charge in [0.05, 0.1) is 0 Å². The van der Waals surface area contributed by atoms with E-state index in [4.69, 9.17) is 27.9 Å². The second-order valence-corrected chi connectivity index (χ2v) is 6.27. The summed E-state index contributed by atoms with van der Waals surface area (Å²) < 4.78 is 7.00. The Labute approximate surface area is 159 Å². The van der Waals surface area contributed by atoms with Crippen LogP contribution in [0.2, 0.25) is 10.0 Å². The molecule has 1 heterocycles. The molecule has 0 saturated heterocycles. The van der Waals surface area contributed by atoms with Crippen molar-refractivity contribution >= 4 is 29.1 Å². The predicted molar refractivity (Wildman–Crippen MR) is 96.9 cm³/mol. The molecule has 26 heavy (non-hydrogen) atoms. The van der Waals surface area contributed by atoms with Crippen molar-refractivity contribution < 1.29 is 9.53 Å². The van der Waals surface area contributed by atoms with Crippen molar-refractivity contribution in [1.29, 1.82) is 0 Å². The normalized spacial score (nSPS) is 10.5. The van der Waals surface area contributed by atoms with Crippen LogP contribution in [0.3, 0.4) is 0 Å². The van der Waals surface area contributed by atoms with Gasteiger partial charge in [-0.15, -0.1) is 5.10 Å². The fourth-order valence-electron chi connectivity index (χ4n) is 2.12. The zero-order chi connectivity index (χ0) is 18.4. The Morgan fingerprint density at radius 2 is 1.69 bits per heavy atom. The van der Waals surface area contributed by atoms with Crippen molar-refractivity contribution in [3.8, 4) is 5.75 Å². The molecule has 134 valence electrons. The van der Waals surface area contributed by atoms with E-state index in [1.54, 1.807) is 36.4 Å². The van der Waals surface area contributed by atoms with Crippen molar-refractivity contribution in [2.75, 3.05) is 0 Å². The van der Waals surface area contributed by atoms with Crippen LogP contribution in [0, 0.1) is 0 Å². The summed E-state index contributed by atoms with van der Waals surface area (Å²) >= 11 is 11.7. The lowest BCUT2D eigenvalue weighted by Gasteiger charge is -2.08. The van der Waals surface area contributed by atoms with Crippen LogP contribution < -0.4 is 10.1 Å². The summed E-state index contributed by atoms with van der Waals surface area (Å²) in [5.41, 5.74) is 0.950. The second-order valence-electron chi connectivity index (χ2n) is 5.40. The van der Waals surface area contributed by atoms with Gasteiger partial charge in [-0.1, -0.05) is 35.3 Å². The maximum atomic E-state index is 12.1. The molecule has 1 N–H and O–H groups in total. The van der Waals surface area contributed by atoms with Gasteiger partial charge in [-0.05, 0) is 52.4 Å². The number of ether oxygens (including phenoxy) is 1. The monoisotopic (exact) mass is 391 g/mol. The third kappa shape index (κ3) is 5.18. The SMILES string of the molecule is O=C(Cn1nnnc1COc1ccc(Cl)cc1)NCc1ccc(Cl)cc1. The van der Waals surface area contributed by atoms with Gasteiger partial charge in [-0.3, -0.25) is 4.79 Å². The van der Waals surface area contributed by atoms with Crippen LogP contribution in [0.15, 0.2) is 48.5 Å². The highest BCUT2D eigenvalue weighted by molar-refractivity contribution is 6.30. The number of halogens is 2. The topological polar surface area (TPSA) is 81.9 Å². The molecule has 9 heteroatoms. The van der Waals surface area contributed by atoms with Gasteiger partial charge in [0, 0.05) is 16.6 Å². The van der Waals surface area contributed by atoms with E-state index in [1.807, 2.05) is 12.1 Å². The molecule has 0 aliphatic rings. The lowest BCUT2D eigenvalue weighted by atomic mass is 10.2. The zero-order valence-electron chi connectivity index (χ0n) is 13.6. The van der Waals surface area contributed by atoms with Gasteiger partial charge in [0.25, 0.3) is 0 Å². The average molecular weight is 392 g/mol. The van der Waals surface area contributed by atoms with E-state index in [0.717, 1.165) is 5.56 Å². The summed E-state index contributed by atoms with van der Waals surface area (Å²) in [7, 11) is 0. The van der Waals surface area contributed by atoms with Crippen molar-refractivity contribution in [1.82, 2.24) is 25.5 Å². The summed E-state index contributed by atoms with van der Waals surface area (Å²) in [6.45, 7) is 0.535. The average Bonchev–Trinajstić information content (AvgIpc) is 3.08. The lowest BCUT2D eigenvalue weighted by molar-refractivity contribution is -0.122. The number of benzene rings is 2. The minimum atomic E-state index is -0.208. The maximum absolute atomic E-state index is 12.1. The number of hydrogen-bond donors (Lipinski definition) is 1. The predicted octanol–water partition coefficient (Wildman–Crippen LogP) is 2.88. The molecule has 0 atom stereocenters. The molecule has 0 aliphatic carbocycles. The van der Waals surface area contributed by atoms with Crippen LogP contribution in [-0.4, -0.2) is 26.1 Å². The number of carbonyl (C=O) groups is 1. The molecule has 2 aromatic carbocycles. The molecule has 0 unspecified atom stereocenters. The first kappa shape index (κ1) is 18.2. The molecule has 0 aliphatic heterocycles. The first-order chi connectivity index (χ1) is 12.6. The molecular weight excluding hydrogens is 377 g/mol. The third-order valence-electron chi connectivity index (χ3n) is 3.48. The van der Waals surface area contributed by atoms with E-state index in [9.17, 15) is 4.79 Å². The molecule has 3 aromatic rings. The molecule has 0 radical (unpaired) electrons. The smallest absolute Gasteiger partial charge is 0.242 e. The highest BCUT2D eigenvalue weighted by atomic mass is 35.5. The van der Waals surface area contributed by atoms with Gasteiger partial charge >= 0.3 is 0 Å². The van der Waals surface area contributed by atoms with E-state index >= 15 is 0 Å². The Bertz CT molecular complexity index is 866. The molecular formula is C17H15Cl2N5O2. The summed E-state index contributed by atoms with van der Waals surface area (Å²) in [5, 5.41) is 15.4. The van der Waals surface area contributed by atoms with Gasteiger partial charge in [0.15, 0.2) is 5.82 Å². The van der Waals surface area contributed by atoms with E-state index in [0.29, 0.717) is 28.2 Å². The Morgan fingerprint density at radius 3 is 2.38 bits per heavy atom. The standard InChI is InChI=1S/C17H15Cl2N5O2/c18-13-3-1-12(2-4-13)9-20-17(25)10-24-16(21-22-23-24)11-26-15-7-5-14(19)6-8-15/h1-8H,9-11H2,(H,20,25). The highest BCUT2D eigenvalue weighted by Gasteiger charge is 2.11. The highest BCUT2D eigenvalue weighted by Crippen LogP contribution is 2.16. The number of carbonyl (C=O) groups excluding carboxylic acids is 1. The number of nitrogens with zero attached hydrogens (tertiary/aromatic N) is 4. The number of hydrogen-bond acceptors (Lipinski definition) is 5. The third-order valence-corrected chi connectivity index (χ3v) is 3.99. The van der Waals surface area contributed by atoms with E-state index < -0.39 is 0 Å². The molecule has 0 fully saturated rings. The van der Waals surface area contributed by atoms with Gasteiger partial charge < -0.3 is 10.1 Å². The van der Waals surface area contributed by atoms with Crippen LogP contribution in [0.1, 0.15) is 11.4 Å². The Hall–Kier alpha value is -2.64. The fraction of sp³-hybridized carbons (Fsp3) is 0.176. The van der Waals surface area contributed by atoms with Crippen molar-refractivity contribution in [2.24, 2.45) is 0 Å². The van der Waals surface area contributed by atoms with Crippen LogP contribution in [0.4, 0.5) is 0 Å². The first-order valence-corrected chi connectivity index (χ1v) is 8.50. The summed E-state index contributed by atoms with van der Waals surface area (Å²) in [4.78, 5) is 12.1. The molecule has 1 amide bonds. The van der Waals surface area contributed by atoms with E-state index in [1.165, 1.54) is 4.68 Å². The number of tetrazole rings is 1. The summed E-state index contributed by atoms with van der Waals surface area (Å²) in [6.07, 6.45) is 0. The molecule has 1 aromatic heterocycles. The van der Waals surface area contributed by atoms with Gasteiger partial charge in [0.2, 0.25) is 5.91 Å². The number of rotatable bonds is 7. The summed E-state index contributed by atoms with van der Waals surface area (Å²) in [6, 6.07) is 14.2. The second kappa shape index (κ2) is 8.64. The molecule has 0 saturated carbocycles. The van der Waals surface area contributed by atoms with Crippen molar-refractivity contribution in [2.45, 2.75) is 19.7 Å². The molecule has 0 bridgehead atoms. The Kier molecular flexibility index (Phi) is 6.04. The van der Waals surface area contributed by atoms with Crippen LogP contribution in [-0.2, 0) is 24.5 Å². The Balaban J connectivity index is 1.51.